The topological polar surface area (TPSA) is 57.0 Å². The Balaban J connectivity index is 1.64. The van der Waals surface area contributed by atoms with Crippen LogP contribution in [-0.4, -0.2) is 71.8 Å². The smallest absolute Gasteiger partial charge is 0.223 e. The standard InChI is InChI=1S/C20H29N3O3/c1-3-11-22-12-10-20(9-8-19(22)25)16-23(14-13-21(20)2)18(24)7-6-17-5-4-15-26-17/h3-5,15H,1,6-14,16H2,2H3. The lowest BCUT2D eigenvalue weighted by atomic mass is 9.86. The van der Waals surface area contributed by atoms with Crippen LogP contribution in [0.1, 0.15) is 31.4 Å². The Morgan fingerprint density at radius 1 is 1.35 bits per heavy atom. The predicted octanol–water partition coefficient (Wildman–Crippen LogP) is 1.92. The Hall–Kier alpha value is -2.08. The maximum Gasteiger partial charge on any atom is 0.223 e. The van der Waals surface area contributed by atoms with Crippen molar-refractivity contribution in [3.8, 4) is 0 Å². The molecule has 2 aliphatic heterocycles. The molecule has 2 amide bonds. The number of rotatable bonds is 5. The first-order valence-electron chi connectivity index (χ1n) is 9.44. The van der Waals surface area contributed by atoms with Crippen molar-refractivity contribution in [3.05, 3.63) is 36.8 Å². The van der Waals surface area contributed by atoms with Gasteiger partial charge in [-0.1, -0.05) is 6.08 Å². The Kier molecular flexibility index (Phi) is 5.81. The monoisotopic (exact) mass is 359 g/mol. The van der Waals surface area contributed by atoms with Gasteiger partial charge in [0.15, 0.2) is 0 Å². The molecule has 0 bridgehead atoms. The van der Waals surface area contributed by atoms with Gasteiger partial charge in [-0.25, -0.2) is 0 Å². The number of furan rings is 1. The summed E-state index contributed by atoms with van der Waals surface area (Å²) in [6.07, 6.45) is 6.76. The molecule has 1 unspecified atom stereocenters. The molecule has 26 heavy (non-hydrogen) atoms. The fraction of sp³-hybridized carbons (Fsp3) is 0.600. The van der Waals surface area contributed by atoms with E-state index in [9.17, 15) is 9.59 Å². The third-order valence-electron chi connectivity index (χ3n) is 5.87. The van der Waals surface area contributed by atoms with Gasteiger partial charge < -0.3 is 14.2 Å². The Morgan fingerprint density at radius 3 is 2.92 bits per heavy atom. The first kappa shape index (κ1) is 18.7. The molecule has 2 fully saturated rings. The number of carbonyl (C=O) groups is 2. The van der Waals surface area contributed by atoms with Crippen LogP contribution in [0.25, 0.3) is 0 Å². The predicted molar refractivity (Wildman–Crippen MR) is 99.6 cm³/mol. The largest absolute Gasteiger partial charge is 0.469 e. The van der Waals surface area contributed by atoms with E-state index in [0.717, 1.165) is 38.2 Å². The molecule has 0 saturated carbocycles. The lowest BCUT2D eigenvalue weighted by Crippen LogP contribution is -2.62. The average molecular weight is 359 g/mol. The summed E-state index contributed by atoms with van der Waals surface area (Å²) in [5.74, 6) is 1.21. The van der Waals surface area contributed by atoms with Crippen LogP contribution in [0.3, 0.4) is 0 Å². The van der Waals surface area contributed by atoms with Gasteiger partial charge >= 0.3 is 0 Å². The van der Waals surface area contributed by atoms with Gasteiger partial charge in [-0.15, -0.1) is 6.58 Å². The molecule has 1 spiro atoms. The molecule has 2 saturated heterocycles. The molecular formula is C20H29N3O3. The van der Waals surface area contributed by atoms with Crippen molar-refractivity contribution >= 4 is 11.8 Å². The van der Waals surface area contributed by atoms with E-state index in [1.807, 2.05) is 21.9 Å². The number of carbonyl (C=O) groups excluding carboxylic acids is 2. The quantitative estimate of drug-likeness (QED) is 0.754. The molecule has 1 aromatic heterocycles. The lowest BCUT2D eigenvalue weighted by Gasteiger charge is -2.49. The van der Waals surface area contributed by atoms with E-state index >= 15 is 0 Å². The summed E-state index contributed by atoms with van der Waals surface area (Å²) < 4.78 is 5.33. The van der Waals surface area contributed by atoms with Crippen LogP contribution in [0.5, 0.6) is 0 Å². The summed E-state index contributed by atoms with van der Waals surface area (Å²) in [6, 6.07) is 3.76. The first-order valence-corrected chi connectivity index (χ1v) is 9.44. The molecule has 1 atom stereocenters. The second-order valence-electron chi connectivity index (χ2n) is 7.42. The van der Waals surface area contributed by atoms with Gasteiger partial charge in [-0.3, -0.25) is 14.5 Å². The van der Waals surface area contributed by atoms with Crippen molar-refractivity contribution in [3.63, 3.8) is 0 Å². The number of likely N-dealkylation sites (N-methyl/N-ethyl adjacent to an activating group) is 1. The second kappa shape index (κ2) is 8.08. The summed E-state index contributed by atoms with van der Waals surface area (Å²) >= 11 is 0. The summed E-state index contributed by atoms with van der Waals surface area (Å²) in [7, 11) is 2.12. The number of hydrogen-bond acceptors (Lipinski definition) is 4. The van der Waals surface area contributed by atoms with Crippen LogP contribution in [0, 0.1) is 0 Å². The van der Waals surface area contributed by atoms with Gasteiger partial charge in [0.1, 0.15) is 5.76 Å². The van der Waals surface area contributed by atoms with Crippen molar-refractivity contribution in [2.45, 2.75) is 37.6 Å². The zero-order valence-corrected chi connectivity index (χ0v) is 15.7. The average Bonchev–Trinajstić information content (AvgIpc) is 3.11. The fourth-order valence-corrected chi connectivity index (χ4v) is 4.10. The van der Waals surface area contributed by atoms with Crippen molar-refractivity contribution in [1.82, 2.24) is 14.7 Å². The van der Waals surface area contributed by atoms with Crippen LogP contribution in [0.2, 0.25) is 0 Å². The third-order valence-corrected chi connectivity index (χ3v) is 5.87. The molecule has 1 aromatic rings. The molecule has 6 nitrogen and oxygen atoms in total. The molecule has 3 rings (SSSR count). The molecular weight excluding hydrogens is 330 g/mol. The number of aryl methyl sites for hydroxylation is 1. The number of likely N-dealkylation sites (tertiary alicyclic amines) is 1. The molecule has 142 valence electrons. The van der Waals surface area contributed by atoms with Gasteiger partial charge in [0.05, 0.1) is 6.26 Å². The van der Waals surface area contributed by atoms with Crippen LogP contribution in [-0.2, 0) is 16.0 Å². The van der Waals surface area contributed by atoms with Crippen molar-refractivity contribution in [1.29, 1.82) is 0 Å². The Bertz CT molecular complexity index is 643. The van der Waals surface area contributed by atoms with E-state index in [1.165, 1.54) is 0 Å². The molecule has 0 radical (unpaired) electrons. The van der Waals surface area contributed by atoms with E-state index in [4.69, 9.17) is 4.42 Å². The highest BCUT2D eigenvalue weighted by atomic mass is 16.3. The maximum absolute atomic E-state index is 12.7. The SMILES string of the molecule is C=CCN1CCC2(CCC1=O)CN(C(=O)CCc1ccco1)CCN2C. The minimum Gasteiger partial charge on any atom is -0.469 e. The van der Waals surface area contributed by atoms with Crippen LogP contribution < -0.4 is 0 Å². The number of amides is 2. The molecule has 0 aromatic carbocycles. The highest BCUT2D eigenvalue weighted by molar-refractivity contribution is 5.78. The molecule has 0 aliphatic carbocycles. The number of nitrogens with zero attached hydrogens (tertiary/aromatic N) is 3. The Labute approximate surface area is 155 Å². The van der Waals surface area contributed by atoms with E-state index in [2.05, 4.69) is 18.5 Å². The third kappa shape index (κ3) is 4.01. The van der Waals surface area contributed by atoms with Gasteiger partial charge in [0.25, 0.3) is 0 Å². The van der Waals surface area contributed by atoms with Gasteiger partial charge in [-0.05, 0) is 32.0 Å². The zero-order chi connectivity index (χ0) is 18.6. The first-order chi connectivity index (χ1) is 12.5. The highest BCUT2D eigenvalue weighted by Gasteiger charge is 2.43. The van der Waals surface area contributed by atoms with Crippen LogP contribution in [0.4, 0.5) is 0 Å². The summed E-state index contributed by atoms with van der Waals surface area (Å²) in [5, 5.41) is 0. The second-order valence-corrected chi connectivity index (χ2v) is 7.42. The van der Waals surface area contributed by atoms with Crippen molar-refractivity contribution < 1.29 is 14.0 Å². The minimum atomic E-state index is -0.107. The van der Waals surface area contributed by atoms with Crippen LogP contribution in [0.15, 0.2) is 35.5 Å². The summed E-state index contributed by atoms with van der Waals surface area (Å²) in [6.45, 7) is 7.38. The van der Waals surface area contributed by atoms with Crippen molar-refractivity contribution in [2.24, 2.45) is 0 Å². The van der Waals surface area contributed by atoms with Gasteiger partial charge in [-0.2, -0.15) is 0 Å². The zero-order valence-electron chi connectivity index (χ0n) is 15.7. The van der Waals surface area contributed by atoms with Gasteiger partial charge in [0, 0.05) is 57.5 Å². The van der Waals surface area contributed by atoms with Crippen molar-refractivity contribution in [2.75, 3.05) is 39.8 Å². The van der Waals surface area contributed by atoms with Crippen LogP contribution >= 0.6 is 0 Å². The molecule has 6 heteroatoms. The van der Waals surface area contributed by atoms with E-state index in [-0.39, 0.29) is 17.4 Å². The van der Waals surface area contributed by atoms with E-state index in [1.54, 1.807) is 12.3 Å². The van der Waals surface area contributed by atoms with Gasteiger partial charge in [0.2, 0.25) is 11.8 Å². The summed E-state index contributed by atoms with van der Waals surface area (Å²) in [5.41, 5.74) is -0.107. The summed E-state index contributed by atoms with van der Waals surface area (Å²) in [4.78, 5) is 31.3. The normalized spacial score (nSPS) is 24.7. The number of piperazine rings is 1. The molecule has 0 N–H and O–H groups in total. The Morgan fingerprint density at radius 2 is 2.19 bits per heavy atom. The maximum atomic E-state index is 12.7. The fourth-order valence-electron chi connectivity index (χ4n) is 4.10. The minimum absolute atomic E-state index is 0.107. The van der Waals surface area contributed by atoms with E-state index in [0.29, 0.717) is 32.4 Å². The highest BCUT2D eigenvalue weighted by Crippen LogP contribution is 2.32. The molecule has 2 aliphatic rings. The number of hydrogen-bond donors (Lipinski definition) is 0. The molecule has 3 heterocycles. The lowest BCUT2D eigenvalue weighted by molar-refractivity contribution is -0.137. The van der Waals surface area contributed by atoms with E-state index < -0.39 is 0 Å².